The van der Waals surface area contributed by atoms with Crippen LogP contribution in [0.5, 0.6) is 0 Å². The van der Waals surface area contributed by atoms with E-state index in [0.29, 0.717) is 44.6 Å². The number of Topliss-reactive ketones (excluding diaryl/α,β-unsaturated/α-hetero) is 1. The van der Waals surface area contributed by atoms with Crippen LogP contribution in [0.4, 0.5) is 0 Å². The van der Waals surface area contributed by atoms with E-state index in [1.807, 2.05) is 0 Å². The maximum Gasteiger partial charge on any atom is 0.227 e. The van der Waals surface area contributed by atoms with Crippen molar-refractivity contribution in [1.29, 1.82) is 5.26 Å². The molecule has 8 heteroatoms. The third-order valence-corrected chi connectivity index (χ3v) is 6.19. The molecule has 3 N–H and O–H groups in total. The van der Waals surface area contributed by atoms with Crippen LogP contribution in [0.2, 0.25) is 10.0 Å². The van der Waals surface area contributed by atoms with Crippen molar-refractivity contribution in [2.75, 3.05) is 5.75 Å². The van der Waals surface area contributed by atoms with Gasteiger partial charge < -0.3 is 11.1 Å². The summed E-state index contributed by atoms with van der Waals surface area (Å²) < 4.78 is 0. The number of amides is 1. The molecule has 134 valence electrons. The van der Waals surface area contributed by atoms with E-state index in [1.165, 1.54) is 0 Å². The van der Waals surface area contributed by atoms with Crippen LogP contribution >= 0.6 is 35.0 Å². The molecule has 2 aliphatic rings. The highest BCUT2D eigenvalue weighted by molar-refractivity contribution is 8.03. The molecule has 1 atom stereocenters. The van der Waals surface area contributed by atoms with E-state index in [2.05, 4.69) is 11.4 Å². The zero-order chi connectivity index (χ0) is 18.8. The summed E-state index contributed by atoms with van der Waals surface area (Å²) in [7, 11) is 0. The molecule has 0 spiro atoms. The molecule has 0 unspecified atom stereocenters. The first kappa shape index (κ1) is 18.8. The molecule has 0 saturated heterocycles. The number of nitrogens with one attached hydrogen (secondary N) is 1. The topological polar surface area (TPSA) is 96.0 Å². The number of nitriles is 1. The SMILES string of the molecule is N#CC1=C(SCC(N)=O)NC2=C(C(=O)CCC2)[C@H]1c1cccc(Cl)c1Cl. The molecule has 3 rings (SSSR count). The zero-order valence-corrected chi connectivity index (χ0v) is 16.0. The van der Waals surface area contributed by atoms with Gasteiger partial charge in [-0.15, -0.1) is 0 Å². The number of allylic oxidation sites excluding steroid dienone is 3. The molecule has 1 amide bonds. The van der Waals surface area contributed by atoms with Gasteiger partial charge in [0.15, 0.2) is 5.78 Å². The summed E-state index contributed by atoms with van der Waals surface area (Å²) >= 11 is 13.7. The minimum absolute atomic E-state index is 0.00788. The van der Waals surface area contributed by atoms with Gasteiger partial charge in [0.1, 0.15) is 0 Å². The fraction of sp³-hybridized carbons (Fsp3) is 0.278. The standard InChI is InChI=1S/C18H15Cl2N3O2S/c19-11-4-1-3-9(17(11)20)15-10(7-21)18(26-8-14(22)25)23-12-5-2-6-13(24)16(12)15/h1,3-4,15,23H,2,5-6,8H2,(H2,22,25)/t15-/m0/s1. The molecule has 1 aromatic carbocycles. The predicted molar refractivity (Wildman–Crippen MR) is 103 cm³/mol. The lowest BCUT2D eigenvalue weighted by molar-refractivity contribution is -0.116. The van der Waals surface area contributed by atoms with Crippen LogP contribution < -0.4 is 11.1 Å². The van der Waals surface area contributed by atoms with E-state index >= 15 is 0 Å². The second-order valence-electron chi connectivity index (χ2n) is 5.98. The van der Waals surface area contributed by atoms with Crippen molar-refractivity contribution in [2.24, 2.45) is 5.73 Å². The van der Waals surface area contributed by atoms with Crippen LogP contribution in [0.1, 0.15) is 30.7 Å². The molecule has 0 radical (unpaired) electrons. The normalized spacial score (nSPS) is 19.7. The number of thioether (sulfide) groups is 1. The van der Waals surface area contributed by atoms with Gasteiger partial charge in [0.25, 0.3) is 0 Å². The van der Waals surface area contributed by atoms with Crippen LogP contribution in [0.25, 0.3) is 0 Å². The van der Waals surface area contributed by atoms with Gasteiger partial charge in [-0.1, -0.05) is 47.1 Å². The summed E-state index contributed by atoms with van der Waals surface area (Å²) in [4.78, 5) is 23.8. The fourth-order valence-corrected chi connectivity index (χ4v) is 4.45. The number of halogens is 2. The number of primary amides is 1. The number of hydrogen-bond acceptors (Lipinski definition) is 5. The minimum Gasteiger partial charge on any atom is -0.369 e. The first-order valence-electron chi connectivity index (χ1n) is 7.96. The highest BCUT2D eigenvalue weighted by Crippen LogP contribution is 2.46. The maximum atomic E-state index is 12.7. The van der Waals surface area contributed by atoms with Gasteiger partial charge in [-0.05, 0) is 24.5 Å². The average Bonchev–Trinajstić information content (AvgIpc) is 2.61. The fourth-order valence-electron chi connectivity index (χ4n) is 3.24. The Hall–Kier alpha value is -1.94. The average molecular weight is 408 g/mol. The number of nitrogens with two attached hydrogens (primary N) is 1. The van der Waals surface area contributed by atoms with Crippen LogP contribution in [0.3, 0.4) is 0 Å². The van der Waals surface area contributed by atoms with Crippen molar-refractivity contribution in [2.45, 2.75) is 25.2 Å². The lowest BCUT2D eigenvalue weighted by atomic mass is 9.77. The summed E-state index contributed by atoms with van der Waals surface area (Å²) in [5, 5.41) is 14.2. The number of hydrogen-bond donors (Lipinski definition) is 2. The molecule has 1 heterocycles. The van der Waals surface area contributed by atoms with Crippen molar-refractivity contribution in [3.05, 3.63) is 55.7 Å². The van der Waals surface area contributed by atoms with E-state index in [-0.39, 0.29) is 11.5 Å². The van der Waals surface area contributed by atoms with Crippen molar-refractivity contribution in [1.82, 2.24) is 5.32 Å². The van der Waals surface area contributed by atoms with Crippen LogP contribution in [-0.2, 0) is 9.59 Å². The van der Waals surface area contributed by atoms with Crippen molar-refractivity contribution in [3.8, 4) is 6.07 Å². The quantitative estimate of drug-likeness (QED) is 0.793. The Morgan fingerprint density at radius 2 is 2.15 bits per heavy atom. The number of nitrogens with zero attached hydrogens (tertiary/aromatic N) is 1. The highest BCUT2D eigenvalue weighted by atomic mass is 35.5. The Labute approximate surface area is 165 Å². The highest BCUT2D eigenvalue weighted by Gasteiger charge is 2.38. The molecular formula is C18H15Cl2N3O2S. The maximum absolute atomic E-state index is 12.7. The Morgan fingerprint density at radius 3 is 2.85 bits per heavy atom. The second-order valence-corrected chi connectivity index (χ2v) is 7.75. The molecule has 0 saturated carbocycles. The van der Waals surface area contributed by atoms with E-state index < -0.39 is 11.8 Å². The van der Waals surface area contributed by atoms with Gasteiger partial charge in [-0.25, -0.2) is 0 Å². The molecule has 1 aromatic rings. The van der Waals surface area contributed by atoms with E-state index in [9.17, 15) is 14.9 Å². The Balaban J connectivity index is 2.18. The number of rotatable bonds is 4. The van der Waals surface area contributed by atoms with Gasteiger partial charge in [-0.3, -0.25) is 9.59 Å². The van der Waals surface area contributed by atoms with E-state index in [0.717, 1.165) is 23.9 Å². The third-order valence-electron chi connectivity index (χ3n) is 4.31. The van der Waals surface area contributed by atoms with Gasteiger partial charge in [0, 0.05) is 17.7 Å². The first-order valence-corrected chi connectivity index (χ1v) is 9.70. The monoisotopic (exact) mass is 407 g/mol. The van der Waals surface area contributed by atoms with Crippen molar-refractivity contribution in [3.63, 3.8) is 0 Å². The van der Waals surface area contributed by atoms with Crippen LogP contribution in [0, 0.1) is 11.3 Å². The Kier molecular flexibility index (Phi) is 5.61. The van der Waals surface area contributed by atoms with Crippen molar-refractivity contribution >= 4 is 46.7 Å². The largest absolute Gasteiger partial charge is 0.369 e. The number of carbonyl (C=O) groups excluding carboxylic acids is 2. The molecule has 1 aliphatic carbocycles. The number of carbonyl (C=O) groups is 2. The van der Waals surface area contributed by atoms with E-state index in [1.54, 1.807) is 18.2 Å². The van der Waals surface area contributed by atoms with Gasteiger partial charge in [-0.2, -0.15) is 5.26 Å². The smallest absolute Gasteiger partial charge is 0.227 e. The zero-order valence-electron chi connectivity index (χ0n) is 13.6. The van der Waals surface area contributed by atoms with Gasteiger partial charge in [0.05, 0.1) is 38.4 Å². The van der Waals surface area contributed by atoms with Crippen molar-refractivity contribution < 1.29 is 9.59 Å². The number of ketones is 1. The molecule has 5 nitrogen and oxygen atoms in total. The number of dihydropyridines is 1. The summed E-state index contributed by atoms with van der Waals surface area (Å²) in [5.74, 6) is -1.07. The summed E-state index contributed by atoms with van der Waals surface area (Å²) in [6.45, 7) is 0. The lowest BCUT2D eigenvalue weighted by Crippen LogP contribution is -2.32. The van der Waals surface area contributed by atoms with Crippen LogP contribution in [0.15, 0.2) is 40.1 Å². The first-order chi connectivity index (χ1) is 12.4. The third kappa shape index (κ3) is 3.48. The summed E-state index contributed by atoms with van der Waals surface area (Å²) in [6, 6.07) is 7.35. The molecule has 0 bridgehead atoms. The molecule has 1 aliphatic heterocycles. The lowest BCUT2D eigenvalue weighted by Gasteiger charge is -2.33. The minimum atomic E-state index is -0.606. The number of benzene rings is 1. The predicted octanol–water partition coefficient (Wildman–Crippen LogP) is 3.64. The Bertz CT molecular complexity index is 902. The second kappa shape index (κ2) is 7.75. The summed E-state index contributed by atoms with van der Waals surface area (Å²) in [6.07, 6.45) is 1.85. The molecule has 0 aromatic heterocycles. The Morgan fingerprint density at radius 1 is 1.38 bits per heavy atom. The van der Waals surface area contributed by atoms with Gasteiger partial charge >= 0.3 is 0 Å². The molecule has 26 heavy (non-hydrogen) atoms. The van der Waals surface area contributed by atoms with Crippen LogP contribution in [-0.4, -0.2) is 17.4 Å². The molecule has 0 fully saturated rings. The summed E-state index contributed by atoms with van der Waals surface area (Å²) in [5.41, 5.74) is 7.52. The van der Waals surface area contributed by atoms with Gasteiger partial charge in [0.2, 0.25) is 5.91 Å². The molecular weight excluding hydrogens is 393 g/mol. The van der Waals surface area contributed by atoms with E-state index in [4.69, 9.17) is 28.9 Å².